The van der Waals surface area contributed by atoms with Gasteiger partial charge >= 0.3 is 0 Å². The van der Waals surface area contributed by atoms with E-state index in [4.69, 9.17) is 4.74 Å². The summed E-state index contributed by atoms with van der Waals surface area (Å²) in [6.07, 6.45) is 0.288. The van der Waals surface area contributed by atoms with Crippen molar-refractivity contribution in [2.75, 3.05) is 18.6 Å². The van der Waals surface area contributed by atoms with Crippen molar-refractivity contribution in [2.24, 2.45) is 5.41 Å². The Morgan fingerprint density at radius 2 is 1.90 bits per heavy atom. The number of methoxy groups -OCH3 is 1. The van der Waals surface area contributed by atoms with Crippen molar-refractivity contribution in [1.82, 2.24) is 5.32 Å². The van der Waals surface area contributed by atoms with Crippen LogP contribution in [0.4, 0.5) is 5.69 Å². The highest BCUT2D eigenvalue weighted by molar-refractivity contribution is 6.02. The van der Waals surface area contributed by atoms with Gasteiger partial charge in [-0.2, -0.15) is 0 Å². The van der Waals surface area contributed by atoms with Crippen LogP contribution in [0.1, 0.15) is 27.2 Å². The molecular formula is C16H22N2O3. The van der Waals surface area contributed by atoms with Crippen LogP contribution in [0.3, 0.4) is 0 Å². The van der Waals surface area contributed by atoms with Crippen LogP contribution < -0.4 is 15.0 Å². The normalized spacial score (nSPS) is 20.0. The van der Waals surface area contributed by atoms with E-state index in [9.17, 15) is 9.59 Å². The lowest BCUT2D eigenvalue weighted by Crippen LogP contribution is -2.52. The van der Waals surface area contributed by atoms with Gasteiger partial charge in [0.15, 0.2) is 0 Å². The van der Waals surface area contributed by atoms with Gasteiger partial charge in [-0.25, -0.2) is 0 Å². The minimum Gasteiger partial charge on any atom is -0.495 e. The number of benzene rings is 1. The first-order valence-electron chi connectivity index (χ1n) is 7.08. The molecule has 0 bridgehead atoms. The third-order valence-corrected chi connectivity index (χ3v) is 3.62. The molecule has 2 rings (SSSR count). The van der Waals surface area contributed by atoms with E-state index in [1.807, 2.05) is 45.0 Å². The van der Waals surface area contributed by atoms with Gasteiger partial charge in [0.05, 0.1) is 12.8 Å². The van der Waals surface area contributed by atoms with E-state index >= 15 is 0 Å². The van der Waals surface area contributed by atoms with Crippen LogP contribution in [0.15, 0.2) is 24.3 Å². The molecule has 1 N–H and O–H groups in total. The first-order valence-corrected chi connectivity index (χ1v) is 7.08. The van der Waals surface area contributed by atoms with Crippen LogP contribution in [-0.4, -0.2) is 31.5 Å². The average Bonchev–Trinajstić information content (AvgIpc) is 2.58. The van der Waals surface area contributed by atoms with E-state index in [2.05, 4.69) is 5.32 Å². The molecule has 114 valence electrons. The Hall–Kier alpha value is -2.04. The molecule has 0 saturated carbocycles. The van der Waals surface area contributed by atoms with Gasteiger partial charge < -0.3 is 15.0 Å². The molecule has 1 fully saturated rings. The van der Waals surface area contributed by atoms with Crippen LogP contribution in [0.5, 0.6) is 5.75 Å². The Morgan fingerprint density at radius 1 is 1.24 bits per heavy atom. The Labute approximate surface area is 125 Å². The zero-order chi connectivity index (χ0) is 15.6. The maximum absolute atomic E-state index is 12.9. The fraction of sp³-hybridized carbons (Fsp3) is 0.500. The molecule has 1 saturated heterocycles. The summed E-state index contributed by atoms with van der Waals surface area (Å²) in [5, 5.41) is 2.83. The van der Waals surface area contributed by atoms with E-state index in [1.54, 1.807) is 12.0 Å². The van der Waals surface area contributed by atoms with Gasteiger partial charge in [0.25, 0.3) is 0 Å². The van der Waals surface area contributed by atoms with Gasteiger partial charge in [0.1, 0.15) is 11.8 Å². The lowest BCUT2D eigenvalue weighted by molar-refractivity contribution is -0.127. The first kappa shape index (κ1) is 15.4. The summed E-state index contributed by atoms with van der Waals surface area (Å²) in [5.74, 6) is 0.436. The number of carbonyl (C=O) groups is 2. The number of nitrogens with zero attached hydrogens (tertiary/aromatic N) is 1. The summed E-state index contributed by atoms with van der Waals surface area (Å²) in [5.41, 5.74) is 0.355. The summed E-state index contributed by atoms with van der Waals surface area (Å²) in [6, 6.07) is 6.82. The number of nitrogens with one attached hydrogen (secondary N) is 1. The van der Waals surface area contributed by atoms with Gasteiger partial charge in [-0.15, -0.1) is 0 Å². The highest BCUT2D eigenvalue weighted by Crippen LogP contribution is 2.31. The fourth-order valence-corrected chi connectivity index (χ4v) is 2.45. The number of ether oxygens (including phenoxy) is 1. The third-order valence-electron chi connectivity index (χ3n) is 3.62. The molecule has 1 unspecified atom stereocenters. The molecular weight excluding hydrogens is 268 g/mol. The molecule has 5 heteroatoms. The molecule has 1 atom stereocenters. The summed E-state index contributed by atoms with van der Waals surface area (Å²) >= 11 is 0. The average molecular weight is 290 g/mol. The van der Waals surface area contributed by atoms with Crippen molar-refractivity contribution in [1.29, 1.82) is 0 Å². The zero-order valence-electron chi connectivity index (χ0n) is 13.0. The summed E-state index contributed by atoms with van der Waals surface area (Å²) < 4.78 is 5.34. The molecule has 0 aromatic heterocycles. The van der Waals surface area contributed by atoms with E-state index in [0.717, 1.165) is 0 Å². The summed E-state index contributed by atoms with van der Waals surface area (Å²) in [7, 11) is 1.58. The van der Waals surface area contributed by atoms with Crippen LogP contribution in [0.25, 0.3) is 0 Å². The second-order valence-electron chi connectivity index (χ2n) is 6.28. The van der Waals surface area contributed by atoms with Gasteiger partial charge in [-0.3, -0.25) is 9.59 Å². The maximum atomic E-state index is 12.9. The molecule has 1 aromatic carbocycles. The number of anilines is 1. The second-order valence-corrected chi connectivity index (χ2v) is 6.28. The largest absolute Gasteiger partial charge is 0.495 e. The Morgan fingerprint density at radius 3 is 2.52 bits per heavy atom. The van der Waals surface area contributed by atoms with E-state index in [0.29, 0.717) is 18.0 Å². The lowest BCUT2D eigenvalue weighted by atomic mass is 9.86. The van der Waals surface area contributed by atoms with Crippen molar-refractivity contribution in [3.8, 4) is 5.75 Å². The van der Waals surface area contributed by atoms with Crippen molar-refractivity contribution in [3.05, 3.63) is 24.3 Å². The molecule has 0 radical (unpaired) electrons. The number of rotatable bonds is 2. The molecule has 0 aliphatic carbocycles. The maximum Gasteiger partial charge on any atom is 0.250 e. The van der Waals surface area contributed by atoms with E-state index < -0.39 is 6.04 Å². The third kappa shape index (κ3) is 3.17. The number of para-hydroxylation sites is 2. The Balaban J connectivity index is 2.42. The van der Waals surface area contributed by atoms with E-state index in [-0.39, 0.29) is 23.7 Å². The molecule has 0 spiro atoms. The first-order chi connectivity index (χ1) is 9.84. The number of carbonyl (C=O) groups excluding carboxylic acids is 2. The van der Waals surface area contributed by atoms with Gasteiger partial charge in [0.2, 0.25) is 11.8 Å². The number of hydrogen-bond donors (Lipinski definition) is 1. The molecule has 2 amide bonds. The number of amides is 2. The van der Waals surface area contributed by atoms with E-state index in [1.165, 1.54) is 0 Å². The molecule has 1 aromatic rings. The molecule has 1 aliphatic rings. The minimum absolute atomic E-state index is 0.0966. The Bertz CT molecular complexity index is 549. The van der Waals surface area contributed by atoms with Gasteiger partial charge in [-0.05, 0) is 17.5 Å². The summed E-state index contributed by atoms with van der Waals surface area (Å²) in [6.45, 7) is 6.20. The highest BCUT2D eigenvalue weighted by atomic mass is 16.5. The predicted octanol–water partition coefficient (Wildman–Crippen LogP) is 1.96. The zero-order valence-corrected chi connectivity index (χ0v) is 13.0. The van der Waals surface area contributed by atoms with Gasteiger partial charge in [-0.1, -0.05) is 32.9 Å². The highest BCUT2D eigenvalue weighted by Gasteiger charge is 2.38. The topological polar surface area (TPSA) is 58.6 Å². The van der Waals surface area contributed by atoms with Crippen LogP contribution in [0.2, 0.25) is 0 Å². The quantitative estimate of drug-likeness (QED) is 0.906. The lowest BCUT2D eigenvalue weighted by Gasteiger charge is -2.32. The van der Waals surface area contributed by atoms with Crippen molar-refractivity contribution < 1.29 is 14.3 Å². The van der Waals surface area contributed by atoms with Gasteiger partial charge in [0, 0.05) is 13.0 Å². The predicted molar refractivity (Wildman–Crippen MR) is 81.3 cm³/mol. The van der Waals surface area contributed by atoms with Crippen molar-refractivity contribution in [3.63, 3.8) is 0 Å². The standard InChI is InChI=1S/C16H22N2O3/c1-16(2,3)14-15(20)18(10-9-13(19)17-14)11-7-5-6-8-12(11)21-4/h5-8,14H,9-10H2,1-4H3,(H,17,19). The number of hydrogen-bond acceptors (Lipinski definition) is 3. The van der Waals surface area contributed by atoms with Crippen molar-refractivity contribution in [2.45, 2.75) is 33.2 Å². The van der Waals surface area contributed by atoms with Crippen molar-refractivity contribution >= 4 is 17.5 Å². The van der Waals surface area contributed by atoms with Crippen LogP contribution in [-0.2, 0) is 9.59 Å². The molecule has 1 aliphatic heterocycles. The fourth-order valence-electron chi connectivity index (χ4n) is 2.45. The molecule has 21 heavy (non-hydrogen) atoms. The van der Waals surface area contributed by atoms with Crippen LogP contribution in [0, 0.1) is 5.41 Å². The minimum atomic E-state index is -0.544. The Kier molecular flexibility index (Phi) is 4.21. The summed E-state index contributed by atoms with van der Waals surface area (Å²) in [4.78, 5) is 26.4. The monoisotopic (exact) mass is 290 g/mol. The second kappa shape index (κ2) is 5.76. The van der Waals surface area contributed by atoms with Crippen LogP contribution >= 0.6 is 0 Å². The molecule has 1 heterocycles. The SMILES string of the molecule is COc1ccccc1N1CCC(=O)NC(C(C)(C)C)C1=O. The smallest absolute Gasteiger partial charge is 0.250 e. The molecule has 5 nitrogen and oxygen atoms in total.